The van der Waals surface area contributed by atoms with Gasteiger partial charge in [-0.1, -0.05) is 6.58 Å². The number of esters is 1. The maximum absolute atomic E-state index is 10.7. The van der Waals surface area contributed by atoms with Gasteiger partial charge in [-0.05, 0) is 21.0 Å². The zero-order valence-electron chi connectivity index (χ0n) is 7.79. The van der Waals surface area contributed by atoms with Crippen LogP contribution >= 0.6 is 12.4 Å². The van der Waals surface area contributed by atoms with Gasteiger partial charge in [-0.25, -0.2) is 4.79 Å². The quantitative estimate of drug-likeness (QED) is 0.419. The van der Waals surface area contributed by atoms with Gasteiger partial charge in [-0.2, -0.15) is 0 Å². The Morgan fingerprint density at radius 1 is 1.50 bits per heavy atom. The van der Waals surface area contributed by atoms with E-state index < -0.39 is 0 Å². The van der Waals surface area contributed by atoms with E-state index in [4.69, 9.17) is 4.74 Å². The van der Waals surface area contributed by atoms with E-state index in [2.05, 4.69) is 6.58 Å². The maximum Gasteiger partial charge on any atom is 0.334 e. The molecule has 74 valence electrons. The number of ether oxygens (including phenoxy) is 1. The first-order valence-electron chi connectivity index (χ1n) is 3.01. The van der Waals surface area contributed by atoms with E-state index in [-0.39, 0.29) is 24.5 Å². The standard InChI is InChI=1S/C7H13NO2.ClH.H3N/c1-6(2)7(9)10-5-8(3)4;;/h1,5H2,2-4H3;1H;1H3. The second-order valence-corrected chi connectivity index (χ2v) is 2.42. The first-order valence-corrected chi connectivity index (χ1v) is 3.01. The molecule has 0 aromatic rings. The van der Waals surface area contributed by atoms with E-state index in [1.807, 2.05) is 14.1 Å². The first kappa shape index (κ1) is 17.5. The lowest BCUT2D eigenvalue weighted by Gasteiger charge is -2.09. The molecule has 0 aromatic heterocycles. The molecule has 0 atom stereocenters. The van der Waals surface area contributed by atoms with Crippen molar-refractivity contribution in [1.82, 2.24) is 11.1 Å². The van der Waals surface area contributed by atoms with Gasteiger partial charge in [0, 0.05) is 5.57 Å². The minimum atomic E-state index is -0.339. The van der Waals surface area contributed by atoms with Gasteiger partial charge in [0.1, 0.15) is 6.73 Å². The van der Waals surface area contributed by atoms with Crippen LogP contribution < -0.4 is 6.15 Å². The number of carbonyl (C=O) groups is 1. The molecule has 0 saturated carbocycles. The van der Waals surface area contributed by atoms with Gasteiger partial charge in [0.25, 0.3) is 0 Å². The summed E-state index contributed by atoms with van der Waals surface area (Å²) in [6.45, 7) is 5.37. The second kappa shape index (κ2) is 8.52. The number of nitrogens with zero attached hydrogens (tertiary/aromatic N) is 1. The van der Waals surface area contributed by atoms with Crippen molar-refractivity contribution < 1.29 is 9.53 Å². The summed E-state index contributed by atoms with van der Waals surface area (Å²) in [6, 6.07) is 0. The highest BCUT2D eigenvalue weighted by atomic mass is 35.5. The Morgan fingerprint density at radius 3 is 2.17 bits per heavy atom. The van der Waals surface area contributed by atoms with Crippen LogP contribution in [-0.4, -0.2) is 31.7 Å². The van der Waals surface area contributed by atoms with Crippen LogP contribution in [0.25, 0.3) is 0 Å². The van der Waals surface area contributed by atoms with Gasteiger partial charge in [0.15, 0.2) is 0 Å². The van der Waals surface area contributed by atoms with E-state index in [1.54, 1.807) is 11.8 Å². The van der Waals surface area contributed by atoms with Crippen LogP contribution in [0.15, 0.2) is 12.2 Å². The lowest BCUT2D eigenvalue weighted by Crippen LogP contribution is -2.19. The van der Waals surface area contributed by atoms with Gasteiger partial charge in [-0.3, -0.25) is 4.90 Å². The summed E-state index contributed by atoms with van der Waals surface area (Å²) >= 11 is 0. The molecule has 0 rings (SSSR count). The summed E-state index contributed by atoms with van der Waals surface area (Å²) in [6.07, 6.45) is 0. The average molecular weight is 197 g/mol. The van der Waals surface area contributed by atoms with Crippen LogP contribution in [0.1, 0.15) is 6.92 Å². The molecule has 4 nitrogen and oxygen atoms in total. The molecule has 0 saturated heterocycles. The zero-order valence-corrected chi connectivity index (χ0v) is 8.61. The first-order chi connectivity index (χ1) is 4.54. The Bertz CT molecular complexity index is 148. The normalized spacial score (nSPS) is 8.00. The summed E-state index contributed by atoms with van der Waals surface area (Å²) in [5.74, 6) is -0.339. The summed E-state index contributed by atoms with van der Waals surface area (Å²) in [4.78, 5) is 12.5. The molecule has 0 aromatic carbocycles. The molecule has 0 aliphatic carbocycles. The van der Waals surface area contributed by atoms with E-state index >= 15 is 0 Å². The van der Waals surface area contributed by atoms with Crippen molar-refractivity contribution in [2.24, 2.45) is 0 Å². The molecule has 0 spiro atoms. The Kier molecular flexibility index (Phi) is 12.4. The third kappa shape index (κ3) is 9.42. The monoisotopic (exact) mass is 196 g/mol. The molecular formula is C7H17ClN2O2. The topological polar surface area (TPSA) is 64.5 Å². The average Bonchev–Trinajstić information content (AvgIpc) is 1.82. The van der Waals surface area contributed by atoms with Crippen molar-refractivity contribution in [2.75, 3.05) is 20.8 Å². The molecule has 0 radical (unpaired) electrons. The van der Waals surface area contributed by atoms with Crippen molar-refractivity contribution in [1.29, 1.82) is 0 Å². The highest BCUT2D eigenvalue weighted by Crippen LogP contribution is 1.91. The van der Waals surface area contributed by atoms with Crippen molar-refractivity contribution in [3.05, 3.63) is 12.2 Å². The lowest BCUT2D eigenvalue weighted by molar-refractivity contribution is -0.142. The Labute approximate surface area is 79.6 Å². The van der Waals surface area contributed by atoms with Crippen molar-refractivity contribution in [3.63, 3.8) is 0 Å². The van der Waals surface area contributed by atoms with Crippen LogP contribution in [0.3, 0.4) is 0 Å². The predicted octanol–water partition coefficient (Wildman–Crippen LogP) is 1.21. The second-order valence-electron chi connectivity index (χ2n) is 2.42. The number of carbonyl (C=O) groups excluding carboxylic acids is 1. The van der Waals surface area contributed by atoms with E-state index in [1.165, 1.54) is 0 Å². The Hall–Kier alpha value is -0.580. The van der Waals surface area contributed by atoms with Crippen LogP contribution in [0.4, 0.5) is 0 Å². The number of hydrogen-bond donors (Lipinski definition) is 1. The van der Waals surface area contributed by atoms with Crippen LogP contribution in [0.2, 0.25) is 0 Å². The fourth-order valence-corrected chi connectivity index (χ4v) is 0.311. The van der Waals surface area contributed by atoms with Gasteiger partial charge in [0.05, 0.1) is 0 Å². The molecule has 0 aliphatic rings. The van der Waals surface area contributed by atoms with E-state index in [9.17, 15) is 4.79 Å². The highest BCUT2D eigenvalue weighted by molar-refractivity contribution is 5.86. The van der Waals surface area contributed by atoms with Crippen molar-refractivity contribution >= 4 is 18.4 Å². The molecule has 5 heteroatoms. The minimum Gasteiger partial charge on any atom is -0.446 e. The van der Waals surface area contributed by atoms with Crippen LogP contribution in [0.5, 0.6) is 0 Å². The molecule has 0 unspecified atom stereocenters. The van der Waals surface area contributed by atoms with Crippen molar-refractivity contribution in [2.45, 2.75) is 6.92 Å². The smallest absolute Gasteiger partial charge is 0.334 e. The summed E-state index contributed by atoms with van der Waals surface area (Å²) in [7, 11) is 3.65. The minimum absolute atomic E-state index is 0. The van der Waals surface area contributed by atoms with Crippen LogP contribution in [-0.2, 0) is 9.53 Å². The molecule has 3 N–H and O–H groups in total. The number of hydrogen-bond acceptors (Lipinski definition) is 4. The third-order valence-electron chi connectivity index (χ3n) is 0.802. The maximum atomic E-state index is 10.7. The summed E-state index contributed by atoms with van der Waals surface area (Å²) < 4.78 is 4.75. The highest BCUT2D eigenvalue weighted by Gasteiger charge is 2.01. The van der Waals surface area contributed by atoms with Gasteiger partial charge in [-0.15, -0.1) is 12.4 Å². The molecule has 0 heterocycles. The fraction of sp³-hybridized carbons (Fsp3) is 0.571. The molecule has 12 heavy (non-hydrogen) atoms. The van der Waals surface area contributed by atoms with Gasteiger partial charge >= 0.3 is 5.97 Å². The lowest BCUT2D eigenvalue weighted by atomic mass is 10.4. The van der Waals surface area contributed by atoms with Gasteiger partial charge < -0.3 is 10.9 Å². The predicted molar refractivity (Wildman–Crippen MR) is 51.7 cm³/mol. The van der Waals surface area contributed by atoms with E-state index in [0.717, 1.165) is 0 Å². The molecule has 0 fully saturated rings. The molecule has 0 bridgehead atoms. The Balaban J connectivity index is -0.000000405. The fourth-order valence-electron chi connectivity index (χ4n) is 0.311. The summed E-state index contributed by atoms with van der Waals surface area (Å²) in [5.41, 5.74) is 0.432. The summed E-state index contributed by atoms with van der Waals surface area (Å²) in [5, 5.41) is 0. The molecule has 0 amide bonds. The van der Waals surface area contributed by atoms with Gasteiger partial charge in [0.2, 0.25) is 0 Å². The molecule has 0 aliphatic heterocycles. The Morgan fingerprint density at radius 2 is 1.92 bits per heavy atom. The van der Waals surface area contributed by atoms with Crippen LogP contribution in [0, 0.1) is 0 Å². The SMILES string of the molecule is C=C(C)C(=O)OCN(C)C.Cl.N. The van der Waals surface area contributed by atoms with Crippen molar-refractivity contribution in [3.8, 4) is 0 Å². The largest absolute Gasteiger partial charge is 0.446 e. The number of halogens is 1. The zero-order chi connectivity index (χ0) is 8.15. The third-order valence-corrected chi connectivity index (χ3v) is 0.802. The molecular weight excluding hydrogens is 180 g/mol. The number of rotatable bonds is 3. The van der Waals surface area contributed by atoms with E-state index in [0.29, 0.717) is 12.3 Å².